The first-order valence-corrected chi connectivity index (χ1v) is 5.09. The lowest BCUT2D eigenvalue weighted by Crippen LogP contribution is -2.26. The van der Waals surface area contributed by atoms with E-state index in [1.165, 1.54) is 19.3 Å². The molecule has 0 aliphatic carbocycles. The van der Waals surface area contributed by atoms with Crippen molar-refractivity contribution in [2.24, 2.45) is 0 Å². The van der Waals surface area contributed by atoms with Gasteiger partial charge in [-0.05, 0) is 17.7 Å². The van der Waals surface area contributed by atoms with Gasteiger partial charge in [0.05, 0.1) is 0 Å². The second-order valence-electron chi connectivity index (χ2n) is 2.02. The summed E-state index contributed by atoms with van der Waals surface area (Å²) in [5, 5.41) is -0.0173. The highest BCUT2D eigenvalue weighted by atomic mass is 35.5. The summed E-state index contributed by atoms with van der Waals surface area (Å²) in [4.78, 5) is 7.23. The summed E-state index contributed by atoms with van der Waals surface area (Å²) >= 11 is 5.44. The third-order valence-corrected chi connectivity index (χ3v) is 2.33. The molecule has 1 aromatic rings. The van der Waals surface area contributed by atoms with E-state index in [0.717, 1.165) is 0 Å². The number of aromatic nitrogens is 2. The standard InChI is InChI=1S/C5H7ClN4O2S/c1-7-13(11,12)10-4-2-3-8-5(6)9-4/h2-3,7H,1H3,(H,8,9,10). The van der Waals surface area contributed by atoms with Crippen molar-refractivity contribution in [3.63, 3.8) is 0 Å². The van der Waals surface area contributed by atoms with E-state index in [-0.39, 0.29) is 11.1 Å². The second-order valence-corrected chi connectivity index (χ2v) is 3.98. The number of hydrogen-bond acceptors (Lipinski definition) is 4. The van der Waals surface area contributed by atoms with Crippen LogP contribution in [-0.4, -0.2) is 25.4 Å². The molecule has 0 saturated carbocycles. The van der Waals surface area contributed by atoms with Crippen molar-refractivity contribution < 1.29 is 8.42 Å². The Morgan fingerprint density at radius 3 is 2.77 bits per heavy atom. The molecular formula is C5H7ClN4O2S. The molecule has 0 aliphatic heterocycles. The van der Waals surface area contributed by atoms with Crippen molar-refractivity contribution in [2.45, 2.75) is 0 Å². The highest BCUT2D eigenvalue weighted by molar-refractivity contribution is 7.90. The molecule has 0 atom stereocenters. The van der Waals surface area contributed by atoms with E-state index in [9.17, 15) is 8.42 Å². The van der Waals surface area contributed by atoms with Crippen LogP contribution < -0.4 is 9.44 Å². The Labute approximate surface area is 80.5 Å². The van der Waals surface area contributed by atoms with Crippen LogP contribution in [-0.2, 0) is 10.2 Å². The van der Waals surface area contributed by atoms with Gasteiger partial charge < -0.3 is 0 Å². The minimum atomic E-state index is -3.54. The van der Waals surface area contributed by atoms with Crippen LogP contribution in [0, 0.1) is 0 Å². The summed E-state index contributed by atoms with van der Waals surface area (Å²) < 4.78 is 26.1. The topological polar surface area (TPSA) is 84.0 Å². The summed E-state index contributed by atoms with van der Waals surface area (Å²) in [6, 6.07) is 1.39. The molecule has 1 heterocycles. The van der Waals surface area contributed by atoms with Crippen LogP contribution >= 0.6 is 11.6 Å². The maximum atomic E-state index is 11.0. The zero-order valence-electron chi connectivity index (χ0n) is 6.65. The molecule has 0 unspecified atom stereocenters. The van der Waals surface area contributed by atoms with Gasteiger partial charge in [-0.25, -0.2) is 9.71 Å². The van der Waals surface area contributed by atoms with Gasteiger partial charge in [0, 0.05) is 13.2 Å². The Hall–Kier alpha value is -0.920. The Balaban J connectivity index is 2.87. The van der Waals surface area contributed by atoms with Gasteiger partial charge in [-0.2, -0.15) is 13.4 Å². The molecule has 0 amide bonds. The van der Waals surface area contributed by atoms with E-state index in [4.69, 9.17) is 11.6 Å². The maximum absolute atomic E-state index is 11.0. The fourth-order valence-corrected chi connectivity index (χ4v) is 1.22. The first kappa shape index (κ1) is 10.2. The van der Waals surface area contributed by atoms with Crippen molar-refractivity contribution in [3.8, 4) is 0 Å². The van der Waals surface area contributed by atoms with Crippen molar-refractivity contribution in [1.29, 1.82) is 0 Å². The average molecular weight is 223 g/mol. The molecule has 6 nitrogen and oxygen atoms in total. The van der Waals surface area contributed by atoms with Gasteiger partial charge in [-0.1, -0.05) is 0 Å². The van der Waals surface area contributed by atoms with Gasteiger partial charge in [0.25, 0.3) is 10.2 Å². The first-order chi connectivity index (χ1) is 6.03. The average Bonchev–Trinajstić information content (AvgIpc) is 2.03. The Morgan fingerprint density at radius 2 is 2.23 bits per heavy atom. The quantitative estimate of drug-likeness (QED) is 0.706. The third kappa shape index (κ3) is 3.13. The van der Waals surface area contributed by atoms with E-state index in [2.05, 4.69) is 19.4 Å². The molecule has 0 fully saturated rings. The number of hydrogen-bond donors (Lipinski definition) is 2. The summed E-state index contributed by atoms with van der Waals surface area (Å²) in [5.74, 6) is 0.120. The number of halogens is 1. The highest BCUT2D eigenvalue weighted by Gasteiger charge is 2.06. The van der Waals surface area contributed by atoms with Crippen molar-refractivity contribution in [2.75, 3.05) is 11.8 Å². The van der Waals surface area contributed by atoms with Crippen molar-refractivity contribution in [3.05, 3.63) is 17.5 Å². The summed E-state index contributed by atoms with van der Waals surface area (Å²) in [5.41, 5.74) is 0. The lowest BCUT2D eigenvalue weighted by atomic mass is 10.6. The molecule has 0 bridgehead atoms. The van der Waals surface area contributed by atoms with Crippen LogP contribution in [0.4, 0.5) is 5.82 Å². The molecule has 8 heteroatoms. The predicted octanol–water partition coefficient (Wildman–Crippen LogP) is 0.00610. The molecule has 0 spiro atoms. The van der Waals surface area contributed by atoms with Gasteiger partial charge >= 0.3 is 0 Å². The lowest BCUT2D eigenvalue weighted by molar-refractivity contribution is 0.593. The molecular weight excluding hydrogens is 216 g/mol. The Bertz CT molecular complexity index is 393. The molecule has 0 radical (unpaired) electrons. The molecule has 1 aromatic heterocycles. The van der Waals surface area contributed by atoms with Crippen LogP contribution in [0.5, 0.6) is 0 Å². The van der Waals surface area contributed by atoms with E-state index >= 15 is 0 Å². The lowest BCUT2D eigenvalue weighted by Gasteiger charge is -2.04. The van der Waals surface area contributed by atoms with Crippen molar-refractivity contribution >= 4 is 27.6 Å². The second kappa shape index (κ2) is 3.86. The van der Waals surface area contributed by atoms with Crippen LogP contribution in [0.15, 0.2) is 12.3 Å². The molecule has 72 valence electrons. The Kier molecular flexibility index (Phi) is 3.02. The molecule has 0 aromatic carbocycles. The summed E-state index contributed by atoms with van der Waals surface area (Å²) in [6.07, 6.45) is 1.35. The number of rotatable bonds is 3. The smallest absolute Gasteiger partial charge is 0.255 e. The fraction of sp³-hybridized carbons (Fsp3) is 0.200. The summed E-state index contributed by atoms with van der Waals surface area (Å²) in [7, 11) is -2.26. The van der Waals surface area contributed by atoms with Crippen LogP contribution in [0.25, 0.3) is 0 Å². The highest BCUT2D eigenvalue weighted by Crippen LogP contribution is 2.06. The fourth-order valence-electron chi connectivity index (χ4n) is 0.580. The van der Waals surface area contributed by atoms with Crippen LogP contribution in [0.3, 0.4) is 0 Å². The normalized spacial score (nSPS) is 11.2. The van der Waals surface area contributed by atoms with Gasteiger partial charge in [0.2, 0.25) is 5.28 Å². The Morgan fingerprint density at radius 1 is 1.54 bits per heavy atom. The van der Waals surface area contributed by atoms with Crippen LogP contribution in [0.2, 0.25) is 5.28 Å². The monoisotopic (exact) mass is 222 g/mol. The van der Waals surface area contributed by atoms with E-state index in [1.54, 1.807) is 0 Å². The minimum absolute atomic E-state index is 0.0173. The van der Waals surface area contributed by atoms with E-state index in [0.29, 0.717) is 0 Å². The third-order valence-electron chi connectivity index (χ3n) is 1.13. The number of nitrogens with zero attached hydrogens (tertiary/aromatic N) is 2. The van der Waals surface area contributed by atoms with Gasteiger partial charge in [-0.15, -0.1) is 0 Å². The summed E-state index contributed by atoms with van der Waals surface area (Å²) in [6.45, 7) is 0. The predicted molar refractivity (Wildman–Crippen MR) is 48.6 cm³/mol. The minimum Gasteiger partial charge on any atom is -0.255 e. The zero-order chi connectivity index (χ0) is 9.90. The SMILES string of the molecule is CNS(=O)(=O)Nc1ccnc(Cl)n1. The largest absolute Gasteiger partial charge is 0.300 e. The molecule has 1 rings (SSSR count). The maximum Gasteiger partial charge on any atom is 0.300 e. The first-order valence-electron chi connectivity index (χ1n) is 3.23. The molecule has 13 heavy (non-hydrogen) atoms. The van der Waals surface area contributed by atoms with Gasteiger partial charge in [-0.3, -0.25) is 4.72 Å². The number of nitrogens with one attached hydrogen (secondary N) is 2. The molecule has 0 saturated heterocycles. The van der Waals surface area contributed by atoms with Crippen LogP contribution in [0.1, 0.15) is 0 Å². The van der Waals surface area contributed by atoms with E-state index < -0.39 is 10.2 Å². The number of anilines is 1. The van der Waals surface area contributed by atoms with Crippen molar-refractivity contribution in [1.82, 2.24) is 14.7 Å². The van der Waals surface area contributed by atoms with E-state index in [1.807, 2.05) is 0 Å². The zero-order valence-corrected chi connectivity index (χ0v) is 8.22. The van der Waals surface area contributed by atoms with Gasteiger partial charge in [0.1, 0.15) is 5.82 Å². The molecule has 2 N–H and O–H groups in total. The molecule has 0 aliphatic rings. The van der Waals surface area contributed by atoms with Gasteiger partial charge in [0.15, 0.2) is 0 Å².